The summed E-state index contributed by atoms with van der Waals surface area (Å²) < 4.78 is 105. The average Bonchev–Trinajstić information content (AvgIpc) is 2.36. The molecule has 0 bridgehead atoms. The second-order valence-electron chi connectivity index (χ2n) is 3.43. The third-order valence-electron chi connectivity index (χ3n) is 2.11. The first kappa shape index (κ1) is 16.0. The van der Waals surface area contributed by atoms with Gasteiger partial charge in [0.15, 0.2) is 11.7 Å². The zero-order valence-corrected chi connectivity index (χ0v) is 9.16. The number of hydrogen-bond acceptors (Lipinski definition) is 2. The van der Waals surface area contributed by atoms with Gasteiger partial charge in [0.25, 0.3) is 0 Å². The Morgan fingerprint density at radius 1 is 0.900 bits per heavy atom. The maximum atomic E-state index is 13.0. The van der Waals surface area contributed by atoms with Crippen LogP contribution in [0, 0.1) is 46.3 Å². The van der Waals surface area contributed by atoms with E-state index in [0.29, 0.717) is 0 Å². The Morgan fingerprint density at radius 2 is 1.30 bits per heavy atom. The van der Waals surface area contributed by atoms with Gasteiger partial charge in [0.1, 0.15) is 6.61 Å². The van der Waals surface area contributed by atoms with E-state index in [1.165, 1.54) is 0 Å². The number of hydrogen-bond donors (Lipinski definition) is 0. The van der Waals surface area contributed by atoms with Crippen LogP contribution < -0.4 is 4.74 Å². The lowest BCUT2D eigenvalue weighted by Crippen LogP contribution is -2.27. The average molecular weight is 305 g/mol. The second kappa shape index (κ2) is 5.52. The summed E-state index contributed by atoms with van der Waals surface area (Å²) in [5.74, 6) is -16.7. The molecule has 110 valence electrons. The van der Waals surface area contributed by atoms with Gasteiger partial charge in [-0.05, 0) is 0 Å². The van der Waals surface area contributed by atoms with E-state index < -0.39 is 53.5 Å². The summed E-state index contributed by atoms with van der Waals surface area (Å²) in [4.78, 5) is 0. The van der Waals surface area contributed by atoms with Gasteiger partial charge in [0.05, 0.1) is 6.07 Å². The lowest BCUT2D eigenvalue weighted by atomic mass is 10.2. The predicted octanol–water partition coefficient (Wildman–Crippen LogP) is 3.46. The van der Waals surface area contributed by atoms with E-state index in [9.17, 15) is 35.1 Å². The molecule has 1 aromatic rings. The highest BCUT2D eigenvalue weighted by molar-refractivity contribution is 5.29. The van der Waals surface area contributed by atoms with E-state index in [0.717, 1.165) is 6.07 Å². The Hall–Kier alpha value is -2.05. The molecule has 0 heterocycles. The number of rotatable bonds is 3. The molecule has 0 aliphatic heterocycles. The van der Waals surface area contributed by atoms with Crippen molar-refractivity contribution in [2.75, 3.05) is 6.61 Å². The Balaban J connectivity index is 3.09. The Morgan fingerprint density at radius 3 is 1.65 bits per heavy atom. The maximum Gasteiger partial charge on any atom is 0.407 e. The standard InChI is InChI=1S/C10H3F8NO/c11-4-5(12)7(14)9(8(15)6(4)13)20-2-3(1-19)10(16,17)18/h3H,2H2. The van der Waals surface area contributed by atoms with Crippen molar-refractivity contribution in [3.8, 4) is 11.8 Å². The van der Waals surface area contributed by atoms with Gasteiger partial charge in [-0.25, -0.2) is 13.2 Å². The first-order valence-corrected chi connectivity index (χ1v) is 4.71. The van der Waals surface area contributed by atoms with Crippen LogP contribution in [0.2, 0.25) is 0 Å². The van der Waals surface area contributed by atoms with Crippen molar-refractivity contribution >= 4 is 0 Å². The minimum absolute atomic E-state index is 0.735. The monoisotopic (exact) mass is 305 g/mol. The van der Waals surface area contributed by atoms with Crippen molar-refractivity contribution in [3.63, 3.8) is 0 Å². The number of nitriles is 1. The van der Waals surface area contributed by atoms with Gasteiger partial charge in [-0.15, -0.1) is 0 Å². The number of alkyl halides is 3. The van der Waals surface area contributed by atoms with Crippen LogP contribution in [0.15, 0.2) is 0 Å². The first-order chi connectivity index (χ1) is 9.11. The third kappa shape index (κ3) is 2.92. The number of halogens is 8. The molecule has 20 heavy (non-hydrogen) atoms. The highest BCUT2D eigenvalue weighted by Crippen LogP contribution is 2.31. The fourth-order valence-electron chi connectivity index (χ4n) is 1.08. The van der Waals surface area contributed by atoms with Gasteiger partial charge in [-0.3, -0.25) is 0 Å². The van der Waals surface area contributed by atoms with Crippen molar-refractivity contribution in [2.45, 2.75) is 6.18 Å². The van der Waals surface area contributed by atoms with E-state index in [-0.39, 0.29) is 0 Å². The Bertz CT molecular complexity index is 533. The van der Waals surface area contributed by atoms with Crippen molar-refractivity contribution in [1.82, 2.24) is 0 Å². The van der Waals surface area contributed by atoms with E-state index >= 15 is 0 Å². The molecule has 0 saturated carbocycles. The lowest BCUT2D eigenvalue weighted by molar-refractivity contribution is -0.165. The zero-order chi connectivity index (χ0) is 15.7. The molecule has 0 amide bonds. The number of nitrogens with zero attached hydrogens (tertiary/aromatic N) is 1. The van der Waals surface area contributed by atoms with Crippen LogP contribution in [-0.2, 0) is 0 Å². The van der Waals surface area contributed by atoms with Crippen LogP contribution in [0.5, 0.6) is 5.75 Å². The van der Waals surface area contributed by atoms with Gasteiger partial charge in [-0.2, -0.15) is 27.2 Å². The van der Waals surface area contributed by atoms with Gasteiger partial charge in [-0.1, -0.05) is 0 Å². The molecule has 10 heteroatoms. The molecule has 0 saturated heterocycles. The van der Waals surface area contributed by atoms with Crippen LogP contribution in [0.3, 0.4) is 0 Å². The largest absolute Gasteiger partial charge is 0.486 e. The van der Waals surface area contributed by atoms with Crippen molar-refractivity contribution < 1.29 is 39.9 Å². The molecule has 1 unspecified atom stereocenters. The molecule has 0 aromatic heterocycles. The zero-order valence-electron chi connectivity index (χ0n) is 9.16. The normalized spacial score (nSPS) is 12.9. The number of ether oxygens (including phenoxy) is 1. The molecular weight excluding hydrogens is 302 g/mol. The second-order valence-corrected chi connectivity index (χ2v) is 3.43. The molecule has 0 spiro atoms. The molecule has 0 aliphatic rings. The molecule has 0 fully saturated rings. The van der Waals surface area contributed by atoms with Crippen molar-refractivity contribution in [3.05, 3.63) is 29.1 Å². The molecule has 2 nitrogen and oxygen atoms in total. The summed E-state index contributed by atoms with van der Waals surface area (Å²) in [5, 5.41) is 8.19. The quantitative estimate of drug-likeness (QED) is 0.487. The summed E-state index contributed by atoms with van der Waals surface area (Å²) >= 11 is 0. The fourth-order valence-corrected chi connectivity index (χ4v) is 1.08. The topological polar surface area (TPSA) is 33.0 Å². The molecule has 0 radical (unpaired) electrons. The van der Waals surface area contributed by atoms with Gasteiger partial charge in [0.2, 0.25) is 29.1 Å². The molecule has 1 aromatic carbocycles. The van der Waals surface area contributed by atoms with E-state index in [1.54, 1.807) is 0 Å². The summed E-state index contributed by atoms with van der Waals surface area (Å²) in [6, 6.07) is 0.735. The SMILES string of the molecule is N#CC(COc1c(F)c(F)c(F)c(F)c1F)C(F)(F)F. The van der Waals surface area contributed by atoms with Gasteiger partial charge in [0, 0.05) is 0 Å². The molecule has 0 aliphatic carbocycles. The van der Waals surface area contributed by atoms with Crippen molar-refractivity contribution in [2.24, 2.45) is 5.92 Å². The summed E-state index contributed by atoms with van der Waals surface area (Å²) in [6.45, 7) is -1.61. The number of benzene rings is 1. The lowest BCUT2D eigenvalue weighted by Gasteiger charge is -2.15. The van der Waals surface area contributed by atoms with Gasteiger partial charge >= 0.3 is 6.18 Å². The van der Waals surface area contributed by atoms with Crippen LogP contribution in [0.1, 0.15) is 0 Å². The van der Waals surface area contributed by atoms with Gasteiger partial charge < -0.3 is 4.74 Å². The summed E-state index contributed by atoms with van der Waals surface area (Å²) in [6.07, 6.45) is -5.07. The van der Waals surface area contributed by atoms with Crippen LogP contribution >= 0.6 is 0 Å². The predicted molar refractivity (Wildman–Crippen MR) is 46.9 cm³/mol. The summed E-state index contributed by atoms with van der Waals surface area (Å²) in [7, 11) is 0. The van der Waals surface area contributed by atoms with Crippen LogP contribution in [-0.4, -0.2) is 12.8 Å². The Labute approximate surface area is 106 Å². The third-order valence-corrected chi connectivity index (χ3v) is 2.11. The van der Waals surface area contributed by atoms with E-state index in [1.807, 2.05) is 0 Å². The maximum absolute atomic E-state index is 13.0. The molecular formula is C10H3F8NO. The first-order valence-electron chi connectivity index (χ1n) is 4.71. The highest BCUT2D eigenvalue weighted by atomic mass is 19.4. The highest BCUT2D eigenvalue weighted by Gasteiger charge is 2.41. The minimum Gasteiger partial charge on any atom is -0.486 e. The van der Waals surface area contributed by atoms with E-state index in [2.05, 4.69) is 4.74 Å². The molecule has 1 rings (SSSR count). The summed E-state index contributed by atoms with van der Waals surface area (Å²) in [5.41, 5.74) is 0. The van der Waals surface area contributed by atoms with Crippen LogP contribution in [0.25, 0.3) is 0 Å². The van der Waals surface area contributed by atoms with Crippen molar-refractivity contribution in [1.29, 1.82) is 5.26 Å². The molecule has 1 atom stereocenters. The molecule has 0 N–H and O–H groups in total. The van der Waals surface area contributed by atoms with E-state index in [4.69, 9.17) is 5.26 Å². The smallest absolute Gasteiger partial charge is 0.407 e. The fraction of sp³-hybridized carbons (Fsp3) is 0.300. The minimum atomic E-state index is -5.07. The van der Waals surface area contributed by atoms with Crippen LogP contribution in [0.4, 0.5) is 35.1 Å². The Kier molecular flexibility index (Phi) is 4.42.